The monoisotopic (exact) mass is 627 g/mol. The lowest BCUT2D eigenvalue weighted by Crippen LogP contribution is -2.29. The summed E-state index contributed by atoms with van der Waals surface area (Å²) in [6, 6.07) is 2.04. The highest BCUT2D eigenvalue weighted by Gasteiger charge is 2.37. The Morgan fingerprint density at radius 3 is 1.95 bits per heavy atom. The molecule has 0 amide bonds. The minimum atomic E-state index is -5.01. The Labute approximate surface area is 243 Å². The number of ether oxygens (including phenoxy) is 1. The van der Waals surface area contributed by atoms with E-state index in [1.54, 1.807) is 6.92 Å². The Kier molecular flexibility index (Phi) is 11.9. The smallest absolute Gasteiger partial charge is 0.417 e. The van der Waals surface area contributed by atoms with Crippen LogP contribution >= 0.6 is 0 Å². The number of nitrogens with one attached hydrogen (secondary N) is 2. The zero-order chi connectivity index (χ0) is 31.8. The molecular formula is C29H34F9N3O2. The van der Waals surface area contributed by atoms with Crippen LogP contribution < -0.4 is 10.6 Å². The highest BCUT2D eigenvalue weighted by molar-refractivity contribution is 5.69. The summed E-state index contributed by atoms with van der Waals surface area (Å²) < 4.78 is 124. The fraction of sp³-hybridized carbons (Fsp3) is 0.586. The van der Waals surface area contributed by atoms with Crippen LogP contribution in [0.3, 0.4) is 0 Å². The number of carbonyl (C=O) groups is 1. The maximum Gasteiger partial charge on any atom is 0.417 e. The SMILES string of the molecule is CCOC(=O)CC1CCC(CNCCc2ncc(C(F)(F)F)cc2CNCc2cc(C(F)(F)F)cc(C(F)(F)F)c2)CC1. The first kappa shape index (κ1) is 34.6. The molecule has 43 heavy (non-hydrogen) atoms. The van der Waals surface area contributed by atoms with Crippen molar-refractivity contribution in [3.63, 3.8) is 0 Å². The number of rotatable bonds is 12. The van der Waals surface area contributed by atoms with E-state index >= 15 is 0 Å². The predicted molar refractivity (Wildman–Crippen MR) is 140 cm³/mol. The number of esters is 1. The Morgan fingerprint density at radius 1 is 0.814 bits per heavy atom. The molecule has 0 spiro atoms. The van der Waals surface area contributed by atoms with E-state index in [2.05, 4.69) is 15.6 Å². The maximum absolute atomic E-state index is 13.3. The van der Waals surface area contributed by atoms with E-state index in [9.17, 15) is 44.3 Å². The number of pyridine rings is 1. The van der Waals surface area contributed by atoms with Gasteiger partial charge in [0.2, 0.25) is 0 Å². The average Bonchev–Trinajstić information content (AvgIpc) is 2.91. The van der Waals surface area contributed by atoms with Gasteiger partial charge in [0.1, 0.15) is 0 Å². The van der Waals surface area contributed by atoms with Gasteiger partial charge in [0.15, 0.2) is 0 Å². The van der Waals surface area contributed by atoms with E-state index in [0.29, 0.717) is 56.1 Å². The zero-order valence-corrected chi connectivity index (χ0v) is 23.5. The molecule has 1 aromatic heterocycles. The van der Waals surface area contributed by atoms with Crippen LogP contribution in [0.15, 0.2) is 30.5 Å². The third kappa shape index (κ3) is 11.0. The summed E-state index contributed by atoms with van der Waals surface area (Å²) in [6.07, 6.45) is -9.69. The molecular weight excluding hydrogens is 593 g/mol. The van der Waals surface area contributed by atoms with E-state index in [4.69, 9.17) is 4.74 Å². The molecule has 1 aromatic carbocycles. The molecule has 3 rings (SSSR count). The molecule has 1 aliphatic carbocycles. The van der Waals surface area contributed by atoms with Crippen molar-refractivity contribution < 1.29 is 49.0 Å². The molecule has 1 fully saturated rings. The van der Waals surface area contributed by atoms with Crippen LogP contribution in [0.1, 0.15) is 72.5 Å². The van der Waals surface area contributed by atoms with Crippen LogP contribution in [0, 0.1) is 11.8 Å². The largest absolute Gasteiger partial charge is 0.466 e. The van der Waals surface area contributed by atoms with Gasteiger partial charge >= 0.3 is 24.5 Å². The molecule has 1 saturated carbocycles. The Bertz CT molecular complexity index is 1170. The highest BCUT2D eigenvalue weighted by atomic mass is 19.4. The summed E-state index contributed by atoms with van der Waals surface area (Å²) in [6.45, 7) is 2.49. The second kappa shape index (κ2) is 14.7. The molecule has 1 aliphatic rings. The molecule has 2 N–H and O–H groups in total. The molecule has 2 aromatic rings. The van der Waals surface area contributed by atoms with Gasteiger partial charge in [-0.15, -0.1) is 0 Å². The van der Waals surface area contributed by atoms with Gasteiger partial charge in [0, 0.05) is 44.4 Å². The number of aromatic nitrogens is 1. The van der Waals surface area contributed by atoms with Crippen LogP contribution in [0.5, 0.6) is 0 Å². The van der Waals surface area contributed by atoms with Crippen molar-refractivity contribution in [3.05, 3.63) is 64.0 Å². The topological polar surface area (TPSA) is 63.2 Å². The molecule has 0 saturated heterocycles. The van der Waals surface area contributed by atoms with Gasteiger partial charge in [0.25, 0.3) is 0 Å². The Balaban J connectivity index is 1.59. The lowest BCUT2D eigenvalue weighted by Gasteiger charge is -2.28. The first-order chi connectivity index (χ1) is 20.1. The summed E-state index contributed by atoms with van der Waals surface area (Å²) in [4.78, 5) is 15.6. The summed E-state index contributed by atoms with van der Waals surface area (Å²) >= 11 is 0. The molecule has 0 unspecified atom stereocenters. The number of halogens is 9. The molecule has 0 bridgehead atoms. The lowest BCUT2D eigenvalue weighted by atomic mass is 9.80. The first-order valence-electron chi connectivity index (χ1n) is 14.0. The standard InChI is InChI=1S/C29H34F9N3O2/c1-2-43-26(42)11-18-3-5-19(6-4-18)14-39-8-7-25-21(12-24(17-41-25)29(36,37)38)16-40-15-20-9-22(27(30,31)32)13-23(10-20)28(33,34)35/h9-10,12-13,17-19,39-40H,2-8,11,14-16H2,1H3. The second-order valence-corrected chi connectivity index (χ2v) is 10.7. The number of carbonyl (C=O) groups excluding carboxylic acids is 1. The first-order valence-corrected chi connectivity index (χ1v) is 14.0. The van der Waals surface area contributed by atoms with Gasteiger partial charge in [-0.3, -0.25) is 9.78 Å². The van der Waals surface area contributed by atoms with Crippen molar-refractivity contribution in [2.45, 2.75) is 77.1 Å². The molecule has 1 heterocycles. The highest BCUT2D eigenvalue weighted by Crippen LogP contribution is 2.36. The third-order valence-corrected chi connectivity index (χ3v) is 7.38. The minimum absolute atomic E-state index is 0.0144. The minimum Gasteiger partial charge on any atom is -0.466 e. The molecule has 5 nitrogen and oxygen atoms in total. The van der Waals surface area contributed by atoms with Gasteiger partial charge in [-0.1, -0.05) is 0 Å². The van der Waals surface area contributed by atoms with Gasteiger partial charge in [-0.2, -0.15) is 39.5 Å². The number of hydrogen-bond donors (Lipinski definition) is 2. The predicted octanol–water partition coefficient (Wildman–Crippen LogP) is 7.32. The quantitative estimate of drug-likeness (QED) is 0.147. The van der Waals surface area contributed by atoms with Gasteiger partial charge in [0.05, 0.1) is 23.3 Å². The third-order valence-electron chi connectivity index (χ3n) is 7.38. The number of hydrogen-bond acceptors (Lipinski definition) is 5. The molecule has 14 heteroatoms. The van der Waals surface area contributed by atoms with Crippen molar-refractivity contribution in [2.75, 3.05) is 19.7 Å². The van der Waals surface area contributed by atoms with Crippen LogP contribution in [0.25, 0.3) is 0 Å². The van der Waals surface area contributed by atoms with Crippen LogP contribution in [0.4, 0.5) is 39.5 Å². The maximum atomic E-state index is 13.3. The zero-order valence-electron chi connectivity index (χ0n) is 23.5. The fourth-order valence-corrected chi connectivity index (χ4v) is 5.14. The van der Waals surface area contributed by atoms with Gasteiger partial charge in [-0.05, 0) is 86.4 Å². The molecule has 240 valence electrons. The van der Waals surface area contributed by atoms with Gasteiger partial charge < -0.3 is 15.4 Å². The number of nitrogens with zero attached hydrogens (tertiary/aromatic N) is 1. The van der Waals surface area contributed by atoms with Crippen molar-refractivity contribution in [3.8, 4) is 0 Å². The van der Waals surface area contributed by atoms with Crippen LogP contribution in [-0.2, 0) is 47.6 Å². The van der Waals surface area contributed by atoms with Crippen LogP contribution in [0.2, 0.25) is 0 Å². The molecule has 0 atom stereocenters. The van der Waals surface area contributed by atoms with Gasteiger partial charge in [-0.25, -0.2) is 0 Å². The van der Waals surface area contributed by atoms with E-state index in [1.807, 2.05) is 0 Å². The second-order valence-electron chi connectivity index (χ2n) is 10.7. The van der Waals surface area contributed by atoms with Crippen molar-refractivity contribution in [2.24, 2.45) is 11.8 Å². The van der Waals surface area contributed by atoms with Crippen molar-refractivity contribution in [1.29, 1.82) is 0 Å². The summed E-state index contributed by atoms with van der Waals surface area (Å²) in [5.41, 5.74) is -3.82. The number of benzene rings is 1. The summed E-state index contributed by atoms with van der Waals surface area (Å²) in [5.74, 6) is 0.478. The van der Waals surface area contributed by atoms with Crippen LogP contribution in [-0.4, -0.2) is 30.6 Å². The van der Waals surface area contributed by atoms with E-state index in [-0.39, 0.29) is 42.0 Å². The van der Waals surface area contributed by atoms with Crippen molar-refractivity contribution in [1.82, 2.24) is 15.6 Å². The molecule has 0 aliphatic heterocycles. The normalized spacial score (nSPS) is 18.1. The Morgan fingerprint density at radius 2 is 1.40 bits per heavy atom. The average molecular weight is 628 g/mol. The molecule has 0 radical (unpaired) electrons. The lowest BCUT2D eigenvalue weighted by molar-refractivity contribution is -0.145. The van der Waals surface area contributed by atoms with E-state index in [1.165, 1.54) is 0 Å². The van der Waals surface area contributed by atoms with E-state index in [0.717, 1.165) is 31.7 Å². The number of alkyl halides is 9. The Hall–Kier alpha value is -2.87. The fourth-order valence-electron chi connectivity index (χ4n) is 5.14. The summed E-state index contributed by atoms with van der Waals surface area (Å²) in [5, 5.41) is 5.95. The van der Waals surface area contributed by atoms with E-state index < -0.39 is 41.8 Å². The summed E-state index contributed by atoms with van der Waals surface area (Å²) in [7, 11) is 0. The van der Waals surface area contributed by atoms with Crippen molar-refractivity contribution >= 4 is 5.97 Å².